The summed E-state index contributed by atoms with van der Waals surface area (Å²) in [6.07, 6.45) is 1.09. The second kappa shape index (κ2) is 7.25. The molecule has 0 aliphatic carbocycles. The summed E-state index contributed by atoms with van der Waals surface area (Å²) in [5, 5.41) is 1.19. The van der Waals surface area contributed by atoms with Crippen LogP contribution in [-0.2, 0) is 0 Å². The number of guanidine groups is 1. The lowest BCUT2D eigenvalue weighted by atomic mass is 10.3. The van der Waals surface area contributed by atoms with E-state index >= 15 is 0 Å². The van der Waals surface area contributed by atoms with Gasteiger partial charge in [-0.15, -0.1) is 24.0 Å². The van der Waals surface area contributed by atoms with Crippen LogP contribution >= 0.6 is 47.2 Å². The van der Waals surface area contributed by atoms with Crippen molar-refractivity contribution in [1.29, 1.82) is 0 Å². The van der Waals surface area contributed by atoms with Crippen molar-refractivity contribution in [1.82, 2.24) is 10.3 Å². The molecule has 18 heavy (non-hydrogen) atoms. The number of benzene rings is 1. The Balaban J connectivity index is 0.00000162. The van der Waals surface area contributed by atoms with E-state index in [0.29, 0.717) is 10.0 Å². The van der Waals surface area contributed by atoms with Gasteiger partial charge in [0, 0.05) is 25.2 Å². The quantitative estimate of drug-likeness (QED) is 0.591. The summed E-state index contributed by atoms with van der Waals surface area (Å²) in [6.45, 7) is 1.85. The van der Waals surface area contributed by atoms with E-state index in [1.807, 2.05) is 13.1 Å². The van der Waals surface area contributed by atoms with Crippen LogP contribution in [0, 0.1) is 0 Å². The average Bonchev–Trinajstić information content (AvgIpc) is 2.30. The number of hydrogen-bond donors (Lipinski definition) is 2. The topological polar surface area (TPSA) is 39.7 Å². The van der Waals surface area contributed by atoms with Crippen LogP contribution in [0.15, 0.2) is 23.2 Å². The van der Waals surface area contributed by atoms with Gasteiger partial charge < -0.3 is 4.90 Å². The first-order valence-electron chi connectivity index (χ1n) is 5.39. The number of nitrogens with one attached hydrogen (secondary N) is 2. The van der Waals surface area contributed by atoms with Gasteiger partial charge in [0.25, 0.3) is 0 Å². The molecule has 1 aliphatic heterocycles. The molecule has 0 fully saturated rings. The predicted molar refractivity (Wildman–Crippen MR) is 88.2 cm³/mol. The van der Waals surface area contributed by atoms with Crippen molar-refractivity contribution in [2.45, 2.75) is 6.42 Å². The highest BCUT2D eigenvalue weighted by atomic mass is 127. The maximum atomic E-state index is 6.04. The highest BCUT2D eigenvalue weighted by molar-refractivity contribution is 14.0. The Kier molecular flexibility index (Phi) is 6.31. The molecule has 1 heterocycles. The van der Waals surface area contributed by atoms with E-state index in [1.54, 1.807) is 12.1 Å². The van der Waals surface area contributed by atoms with Crippen molar-refractivity contribution in [2.75, 3.05) is 25.6 Å². The van der Waals surface area contributed by atoms with Crippen molar-refractivity contribution in [3.63, 3.8) is 0 Å². The summed E-state index contributed by atoms with van der Waals surface area (Å²) in [6, 6.07) is 5.30. The molecule has 1 aromatic carbocycles. The predicted octanol–water partition coefficient (Wildman–Crippen LogP) is 3.22. The fourth-order valence-corrected chi connectivity index (χ4v) is 2.02. The normalized spacial score (nSPS) is 14.6. The van der Waals surface area contributed by atoms with Crippen LogP contribution in [-0.4, -0.2) is 31.0 Å². The molecule has 0 bridgehead atoms. The monoisotopic (exact) mass is 400 g/mol. The summed E-state index contributed by atoms with van der Waals surface area (Å²) in [4.78, 5) is 6.43. The molecule has 0 aromatic heterocycles. The number of aliphatic imine (C=N–C) groups is 1. The lowest BCUT2D eigenvalue weighted by Gasteiger charge is -2.26. The van der Waals surface area contributed by atoms with E-state index in [9.17, 15) is 0 Å². The van der Waals surface area contributed by atoms with Gasteiger partial charge in [0.1, 0.15) is 0 Å². The minimum Gasteiger partial charge on any atom is -0.345 e. The fourth-order valence-electron chi connectivity index (χ4n) is 1.57. The zero-order chi connectivity index (χ0) is 12.3. The first-order valence-corrected chi connectivity index (χ1v) is 6.15. The molecule has 100 valence electrons. The summed E-state index contributed by atoms with van der Waals surface area (Å²) < 4.78 is 0. The van der Waals surface area contributed by atoms with Crippen molar-refractivity contribution in [3.8, 4) is 0 Å². The standard InChI is InChI=1S/C11H14Cl2N4.HI/c1-17-6-2-5-14-11(17)16-15-10-4-3-8(12)7-9(10)13;/h3-4,7,15H,2,5-6H2,1H3,(H,14,16);1H. The van der Waals surface area contributed by atoms with Gasteiger partial charge in [-0.25, -0.2) is 0 Å². The van der Waals surface area contributed by atoms with Gasteiger partial charge in [0.15, 0.2) is 0 Å². The van der Waals surface area contributed by atoms with Crippen molar-refractivity contribution < 1.29 is 0 Å². The Hall–Kier alpha value is -0.400. The van der Waals surface area contributed by atoms with Crippen LogP contribution < -0.4 is 10.9 Å². The second-order valence-corrected chi connectivity index (χ2v) is 4.70. The fraction of sp³-hybridized carbons (Fsp3) is 0.364. The summed E-state index contributed by atoms with van der Waals surface area (Å²) in [5.74, 6) is 0.822. The van der Waals surface area contributed by atoms with E-state index in [-0.39, 0.29) is 24.0 Å². The summed E-state index contributed by atoms with van der Waals surface area (Å²) in [5.41, 5.74) is 6.85. The Bertz CT molecular complexity index is 439. The van der Waals surface area contributed by atoms with Crippen LogP contribution in [0.4, 0.5) is 5.69 Å². The highest BCUT2D eigenvalue weighted by Gasteiger charge is 2.10. The first-order chi connectivity index (χ1) is 8.16. The lowest BCUT2D eigenvalue weighted by Crippen LogP contribution is -2.44. The molecule has 7 heteroatoms. The SMILES string of the molecule is CN1CCCN=C1NNc1ccc(Cl)cc1Cl.I. The van der Waals surface area contributed by atoms with Gasteiger partial charge >= 0.3 is 0 Å². The maximum Gasteiger partial charge on any atom is 0.212 e. The van der Waals surface area contributed by atoms with Crippen LogP contribution in [0.25, 0.3) is 0 Å². The molecular weight excluding hydrogens is 386 g/mol. The third-order valence-electron chi connectivity index (χ3n) is 2.51. The molecule has 1 aromatic rings. The summed E-state index contributed by atoms with van der Waals surface area (Å²) >= 11 is 11.9. The molecule has 0 radical (unpaired) electrons. The summed E-state index contributed by atoms with van der Waals surface area (Å²) in [7, 11) is 2.00. The van der Waals surface area contributed by atoms with Gasteiger partial charge in [0.2, 0.25) is 5.96 Å². The van der Waals surface area contributed by atoms with E-state index in [1.165, 1.54) is 0 Å². The average molecular weight is 401 g/mol. The van der Waals surface area contributed by atoms with Gasteiger partial charge in [-0.05, 0) is 24.6 Å². The van der Waals surface area contributed by atoms with Gasteiger partial charge in [-0.3, -0.25) is 15.8 Å². The second-order valence-electron chi connectivity index (χ2n) is 3.85. The van der Waals surface area contributed by atoms with Crippen molar-refractivity contribution >= 4 is 58.8 Å². The molecule has 1 aliphatic rings. The molecule has 0 spiro atoms. The molecule has 0 atom stereocenters. The zero-order valence-electron chi connectivity index (χ0n) is 9.91. The molecule has 0 saturated heterocycles. The number of rotatable bonds is 2. The minimum atomic E-state index is 0. The molecule has 0 unspecified atom stereocenters. The maximum absolute atomic E-state index is 6.04. The van der Waals surface area contributed by atoms with Crippen molar-refractivity contribution in [3.05, 3.63) is 28.2 Å². The Morgan fingerprint density at radius 1 is 1.28 bits per heavy atom. The van der Waals surface area contributed by atoms with Crippen LogP contribution in [0.3, 0.4) is 0 Å². The molecule has 0 saturated carbocycles. The Morgan fingerprint density at radius 3 is 2.72 bits per heavy atom. The third-order valence-corrected chi connectivity index (χ3v) is 3.06. The lowest BCUT2D eigenvalue weighted by molar-refractivity contribution is 0.451. The van der Waals surface area contributed by atoms with Gasteiger partial charge in [0.05, 0.1) is 10.7 Å². The number of halogens is 3. The van der Waals surface area contributed by atoms with Crippen LogP contribution in [0.5, 0.6) is 0 Å². The van der Waals surface area contributed by atoms with E-state index in [4.69, 9.17) is 23.2 Å². The van der Waals surface area contributed by atoms with Gasteiger partial charge in [-0.2, -0.15) is 0 Å². The molecule has 4 nitrogen and oxygen atoms in total. The number of anilines is 1. The van der Waals surface area contributed by atoms with Crippen LogP contribution in [0.2, 0.25) is 10.0 Å². The molecule has 2 rings (SSSR count). The zero-order valence-corrected chi connectivity index (χ0v) is 13.8. The largest absolute Gasteiger partial charge is 0.345 e. The van der Waals surface area contributed by atoms with Crippen LogP contribution in [0.1, 0.15) is 6.42 Å². The molecule has 2 N–H and O–H groups in total. The van der Waals surface area contributed by atoms with E-state index < -0.39 is 0 Å². The first kappa shape index (κ1) is 15.7. The Morgan fingerprint density at radius 2 is 2.06 bits per heavy atom. The number of nitrogens with zero attached hydrogens (tertiary/aromatic N) is 2. The molecule has 0 amide bonds. The third kappa shape index (κ3) is 4.07. The van der Waals surface area contributed by atoms with Crippen molar-refractivity contribution in [2.24, 2.45) is 4.99 Å². The highest BCUT2D eigenvalue weighted by Crippen LogP contribution is 2.24. The van der Waals surface area contributed by atoms with Gasteiger partial charge in [-0.1, -0.05) is 23.2 Å². The molecular formula is C11H15Cl2IN4. The Labute approximate surface area is 134 Å². The number of hydrazine groups is 1. The minimum absolute atomic E-state index is 0. The smallest absolute Gasteiger partial charge is 0.212 e. The number of hydrogen-bond acceptors (Lipinski definition) is 4. The van der Waals surface area contributed by atoms with E-state index in [2.05, 4.69) is 20.7 Å². The van der Waals surface area contributed by atoms with E-state index in [0.717, 1.165) is 31.2 Å².